The van der Waals surface area contributed by atoms with Crippen LogP contribution in [0.1, 0.15) is 24.2 Å². The average molecular weight is 367 g/mol. The van der Waals surface area contributed by atoms with E-state index in [1.54, 1.807) is 62.4 Å². The van der Waals surface area contributed by atoms with Gasteiger partial charge in [0.2, 0.25) is 0 Å². The van der Waals surface area contributed by atoms with E-state index in [9.17, 15) is 13.8 Å². The molecule has 4 rings (SSSR count). The molecule has 5 nitrogen and oxygen atoms in total. The van der Waals surface area contributed by atoms with Gasteiger partial charge in [0, 0.05) is 5.56 Å². The number of carbonyl (C=O) groups is 2. The maximum atomic E-state index is 13.3. The van der Waals surface area contributed by atoms with Gasteiger partial charge in [-0.1, -0.05) is 30.3 Å². The van der Waals surface area contributed by atoms with Crippen LogP contribution in [0.3, 0.4) is 0 Å². The Labute approximate surface area is 153 Å². The Morgan fingerprint density at radius 2 is 1.73 bits per heavy atom. The Morgan fingerprint density at radius 3 is 2.46 bits per heavy atom. The summed E-state index contributed by atoms with van der Waals surface area (Å²) in [6, 6.07) is 15.9. The number of fused-ring (bicyclic) bond motifs is 1. The molecule has 2 heterocycles. The van der Waals surface area contributed by atoms with E-state index in [0.717, 1.165) is 0 Å². The Morgan fingerprint density at radius 1 is 1.08 bits per heavy atom. The summed E-state index contributed by atoms with van der Waals surface area (Å²) in [5.41, 5.74) is 0.394. The monoisotopic (exact) mass is 367 g/mol. The molecule has 0 radical (unpaired) electrons. The lowest BCUT2D eigenvalue weighted by atomic mass is 10.1. The van der Waals surface area contributed by atoms with Crippen molar-refractivity contribution >= 4 is 28.4 Å². The standard InChI is InChI=1S/C20H17NO4S/c1-20(2)17-14(19(23)25-20)12-21(18(22)13-8-4-3-5-9-13)15-10-6-7-11-16(15)26(17)24/h3-11H,12H2,1-2H3. The summed E-state index contributed by atoms with van der Waals surface area (Å²) in [5, 5.41) is 0. The van der Waals surface area contributed by atoms with Crippen molar-refractivity contribution in [3.8, 4) is 0 Å². The van der Waals surface area contributed by atoms with E-state index in [0.29, 0.717) is 26.6 Å². The number of cyclic esters (lactones) is 1. The van der Waals surface area contributed by atoms with E-state index in [4.69, 9.17) is 4.74 Å². The van der Waals surface area contributed by atoms with Crippen molar-refractivity contribution in [2.24, 2.45) is 0 Å². The maximum absolute atomic E-state index is 13.3. The number of benzene rings is 2. The van der Waals surface area contributed by atoms with Gasteiger partial charge in [0.05, 0.1) is 38.4 Å². The second-order valence-corrected chi connectivity index (χ2v) is 8.09. The van der Waals surface area contributed by atoms with Crippen LogP contribution in [0.5, 0.6) is 0 Å². The lowest BCUT2D eigenvalue weighted by molar-refractivity contribution is -0.144. The number of carbonyl (C=O) groups excluding carboxylic acids is 2. The molecule has 132 valence electrons. The molecule has 2 aromatic rings. The molecule has 1 atom stereocenters. The number of nitrogens with zero attached hydrogens (tertiary/aromatic N) is 1. The third-order valence-corrected chi connectivity index (χ3v) is 6.39. The van der Waals surface area contributed by atoms with Crippen LogP contribution in [0.25, 0.3) is 0 Å². The highest BCUT2D eigenvalue weighted by molar-refractivity contribution is 7.89. The van der Waals surface area contributed by atoms with E-state index in [2.05, 4.69) is 0 Å². The fourth-order valence-corrected chi connectivity index (χ4v) is 5.03. The summed E-state index contributed by atoms with van der Waals surface area (Å²) in [7, 11) is -1.58. The Hall–Kier alpha value is -2.73. The third kappa shape index (κ3) is 2.49. The van der Waals surface area contributed by atoms with E-state index in [1.165, 1.54) is 4.90 Å². The molecule has 0 spiro atoms. The van der Waals surface area contributed by atoms with Crippen molar-refractivity contribution in [2.45, 2.75) is 24.3 Å². The first kappa shape index (κ1) is 16.7. The van der Waals surface area contributed by atoms with Crippen molar-refractivity contribution in [3.05, 3.63) is 70.6 Å². The van der Waals surface area contributed by atoms with E-state index in [1.807, 2.05) is 6.07 Å². The van der Waals surface area contributed by atoms with Crippen molar-refractivity contribution in [1.29, 1.82) is 0 Å². The molecular formula is C20H17NO4S. The Balaban J connectivity index is 1.91. The minimum atomic E-state index is -1.58. The van der Waals surface area contributed by atoms with Gasteiger partial charge in [0.15, 0.2) is 0 Å². The molecular weight excluding hydrogens is 350 g/mol. The first-order valence-electron chi connectivity index (χ1n) is 8.25. The number of rotatable bonds is 1. The normalized spacial score (nSPS) is 20.9. The molecule has 2 aliphatic heterocycles. The van der Waals surface area contributed by atoms with Gasteiger partial charge >= 0.3 is 5.97 Å². The van der Waals surface area contributed by atoms with E-state index >= 15 is 0 Å². The van der Waals surface area contributed by atoms with E-state index in [-0.39, 0.29) is 12.5 Å². The first-order valence-corrected chi connectivity index (χ1v) is 9.40. The molecule has 1 amide bonds. The number of ether oxygens (including phenoxy) is 1. The SMILES string of the molecule is CC1(C)OC(=O)C2=C1S(=O)c1ccccc1N(C(=O)c1ccccc1)C2. The van der Waals surface area contributed by atoms with Crippen LogP contribution in [-0.2, 0) is 20.3 Å². The van der Waals surface area contributed by atoms with Crippen LogP contribution in [-0.4, -0.2) is 28.2 Å². The van der Waals surface area contributed by atoms with Crippen molar-refractivity contribution in [2.75, 3.05) is 11.4 Å². The molecule has 0 aliphatic carbocycles. The van der Waals surface area contributed by atoms with Gasteiger partial charge in [-0.3, -0.25) is 4.79 Å². The maximum Gasteiger partial charge on any atom is 0.337 e. The second-order valence-electron chi connectivity index (χ2n) is 6.70. The quantitative estimate of drug-likeness (QED) is 0.727. The van der Waals surface area contributed by atoms with Gasteiger partial charge in [0.1, 0.15) is 5.60 Å². The molecule has 0 saturated carbocycles. The minimum absolute atomic E-state index is 0.0358. The molecule has 6 heteroatoms. The van der Waals surface area contributed by atoms with Crippen molar-refractivity contribution in [3.63, 3.8) is 0 Å². The van der Waals surface area contributed by atoms with E-state index < -0.39 is 22.4 Å². The first-order chi connectivity index (χ1) is 12.4. The largest absolute Gasteiger partial charge is 0.451 e. The van der Waals surface area contributed by atoms with Gasteiger partial charge in [-0.2, -0.15) is 0 Å². The van der Waals surface area contributed by atoms with Crippen molar-refractivity contribution in [1.82, 2.24) is 0 Å². The van der Waals surface area contributed by atoms with Crippen LogP contribution in [0.4, 0.5) is 5.69 Å². The summed E-state index contributed by atoms with van der Waals surface area (Å²) in [5.74, 6) is -0.765. The van der Waals surface area contributed by atoms with Crippen LogP contribution in [0.15, 0.2) is 70.0 Å². The Kier molecular flexibility index (Phi) is 3.80. The van der Waals surface area contributed by atoms with Gasteiger partial charge in [-0.15, -0.1) is 0 Å². The number of anilines is 1. The molecule has 1 unspecified atom stereocenters. The smallest absolute Gasteiger partial charge is 0.337 e. The highest BCUT2D eigenvalue weighted by Gasteiger charge is 2.47. The molecule has 0 fully saturated rings. The predicted molar refractivity (Wildman–Crippen MR) is 98.2 cm³/mol. The summed E-state index contributed by atoms with van der Waals surface area (Å²) in [6.45, 7) is 3.49. The van der Waals surface area contributed by atoms with Gasteiger partial charge in [-0.25, -0.2) is 9.00 Å². The van der Waals surface area contributed by atoms with Crippen LogP contribution < -0.4 is 4.90 Å². The minimum Gasteiger partial charge on any atom is -0.451 e. The predicted octanol–water partition coefficient (Wildman–Crippen LogP) is 3.04. The third-order valence-electron chi connectivity index (χ3n) is 4.54. The lowest BCUT2D eigenvalue weighted by Gasteiger charge is -2.24. The number of amides is 1. The molecule has 0 saturated heterocycles. The molecule has 2 aliphatic rings. The van der Waals surface area contributed by atoms with Crippen LogP contribution >= 0.6 is 0 Å². The Bertz CT molecular complexity index is 978. The average Bonchev–Trinajstić information content (AvgIpc) is 2.78. The summed E-state index contributed by atoms with van der Waals surface area (Å²) < 4.78 is 18.7. The highest BCUT2D eigenvalue weighted by Crippen LogP contribution is 2.42. The fraction of sp³-hybridized carbons (Fsp3) is 0.200. The highest BCUT2D eigenvalue weighted by atomic mass is 32.2. The number of esters is 1. The topological polar surface area (TPSA) is 63.7 Å². The van der Waals surface area contributed by atoms with Crippen LogP contribution in [0, 0.1) is 0 Å². The summed E-state index contributed by atoms with van der Waals surface area (Å²) in [4.78, 5) is 28.0. The number of hydrogen-bond acceptors (Lipinski definition) is 4. The molecule has 0 bridgehead atoms. The van der Waals surface area contributed by atoms with Gasteiger partial charge in [0.25, 0.3) is 5.91 Å². The number of hydrogen-bond donors (Lipinski definition) is 0. The lowest BCUT2D eigenvalue weighted by Crippen LogP contribution is -2.34. The summed E-state index contributed by atoms with van der Waals surface area (Å²) in [6.07, 6.45) is 0. The van der Waals surface area contributed by atoms with Crippen LogP contribution in [0.2, 0.25) is 0 Å². The second kappa shape index (κ2) is 5.92. The molecule has 2 aromatic carbocycles. The molecule has 0 aromatic heterocycles. The van der Waals surface area contributed by atoms with Crippen molar-refractivity contribution < 1.29 is 18.5 Å². The van der Waals surface area contributed by atoms with Gasteiger partial charge in [-0.05, 0) is 38.1 Å². The zero-order chi connectivity index (χ0) is 18.5. The zero-order valence-corrected chi connectivity index (χ0v) is 15.2. The summed E-state index contributed by atoms with van der Waals surface area (Å²) >= 11 is 0. The fourth-order valence-electron chi connectivity index (χ4n) is 3.38. The molecule has 0 N–H and O–H groups in total. The molecule has 26 heavy (non-hydrogen) atoms. The number of para-hydroxylation sites is 1. The zero-order valence-electron chi connectivity index (χ0n) is 14.4. The van der Waals surface area contributed by atoms with Gasteiger partial charge < -0.3 is 9.64 Å².